The molecule has 1 heteroatoms. The molecule has 0 aliphatic heterocycles. The predicted molar refractivity (Wildman–Crippen MR) is 75.3 cm³/mol. The van der Waals surface area contributed by atoms with Crippen molar-refractivity contribution in [2.45, 2.75) is 90.0 Å². The summed E-state index contributed by atoms with van der Waals surface area (Å²) in [5, 5.41) is 3.79. The Balaban J connectivity index is 1.63. The molecule has 0 spiro atoms. The van der Waals surface area contributed by atoms with Crippen molar-refractivity contribution in [1.29, 1.82) is 0 Å². The van der Waals surface area contributed by atoms with Gasteiger partial charge in [-0.3, -0.25) is 0 Å². The first-order chi connectivity index (χ1) is 8.35. The highest BCUT2D eigenvalue weighted by atomic mass is 15.0. The molecule has 0 saturated heterocycles. The Morgan fingerprint density at radius 2 is 1.71 bits per heavy atom. The summed E-state index contributed by atoms with van der Waals surface area (Å²) in [6.45, 7) is 3.63. The van der Waals surface area contributed by atoms with E-state index in [9.17, 15) is 0 Å². The van der Waals surface area contributed by atoms with E-state index in [-0.39, 0.29) is 0 Å². The van der Waals surface area contributed by atoms with Gasteiger partial charge in [-0.25, -0.2) is 0 Å². The fourth-order valence-corrected chi connectivity index (χ4v) is 3.39. The van der Waals surface area contributed by atoms with Gasteiger partial charge >= 0.3 is 0 Å². The van der Waals surface area contributed by atoms with Crippen LogP contribution in [0.1, 0.15) is 84.0 Å². The van der Waals surface area contributed by atoms with Crippen molar-refractivity contribution < 1.29 is 0 Å². The van der Waals surface area contributed by atoms with E-state index in [1.54, 1.807) is 0 Å². The maximum absolute atomic E-state index is 3.79. The molecule has 2 aliphatic carbocycles. The normalized spacial score (nSPS) is 23.1. The molecule has 2 aliphatic rings. The fourth-order valence-electron chi connectivity index (χ4n) is 3.39. The van der Waals surface area contributed by atoms with Crippen LogP contribution in [0.25, 0.3) is 0 Å². The van der Waals surface area contributed by atoms with Crippen LogP contribution in [0.4, 0.5) is 0 Å². The Hall–Kier alpha value is -0.0400. The largest absolute Gasteiger partial charge is 0.313 e. The zero-order chi connectivity index (χ0) is 12.0. The van der Waals surface area contributed by atoms with Crippen LogP contribution in [0.3, 0.4) is 0 Å². The highest BCUT2D eigenvalue weighted by Gasteiger charge is 2.34. The van der Waals surface area contributed by atoms with Gasteiger partial charge in [-0.2, -0.15) is 0 Å². The van der Waals surface area contributed by atoms with Crippen molar-refractivity contribution in [1.82, 2.24) is 5.32 Å². The molecule has 0 radical (unpaired) electrons. The summed E-state index contributed by atoms with van der Waals surface area (Å²) in [5.41, 5.74) is 0.703. The van der Waals surface area contributed by atoms with Crippen LogP contribution in [0, 0.1) is 5.41 Å². The maximum Gasteiger partial charge on any atom is 0.00684 e. The Kier molecular flexibility index (Phi) is 5.34. The van der Waals surface area contributed by atoms with Crippen LogP contribution < -0.4 is 5.32 Å². The highest BCUT2D eigenvalue weighted by molar-refractivity contribution is 4.90. The van der Waals surface area contributed by atoms with Crippen LogP contribution in [0.5, 0.6) is 0 Å². The van der Waals surface area contributed by atoms with Crippen molar-refractivity contribution in [3.8, 4) is 0 Å². The molecule has 1 nitrogen and oxygen atoms in total. The molecule has 0 aromatic rings. The molecule has 17 heavy (non-hydrogen) atoms. The standard InChI is InChI=1S/C16H31N/c1-2-3-4-5-6-11-16(12-7-8-13-16)14-17-15-9-10-15/h15,17H,2-14H2,1H3. The third-order valence-corrected chi connectivity index (χ3v) is 4.82. The minimum Gasteiger partial charge on any atom is -0.313 e. The lowest BCUT2D eigenvalue weighted by molar-refractivity contribution is 0.246. The molecule has 0 aromatic heterocycles. The Morgan fingerprint density at radius 3 is 2.35 bits per heavy atom. The second kappa shape index (κ2) is 6.78. The van der Waals surface area contributed by atoms with E-state index in [1.807, 2.05) is 0 Å². The van der Waals surface area contributed by atoms with Crippen molar-refractivity contribution in [2.24, 2.45) is 5.41 Å². The van der Waals surface area contributed by atoms with Crippen LogP contribution in [-0.4, -0.2) is 12.6 Å². The molecule has 0 bridgehead atoms. The Morgan fingerprint density at radius 1 is 1.00 bits per heavy atom. The summed E-state index contributed by atoms with van der Waals surface area (Å²) in [5.74, 6) is 0. The SMILES string of the molecule is CCCCCCCC1(CNC2CC2)CCCC1. The van der Waals surface area contributed by atoms with Gasteiger partial charge in [0, 0.05) is 12.6 Å². The molecule has 100 valence electrons. The van der Waals surface area contributed by atoms with Gasteiger partial charge in [0.25, 0.3) is 0 Å². The summed E-state index contributed by atoms with van der Waals surface area (Å²) < 4.78 is 0. The lowest BCUT2D eigenvalue weighted by atomic mass is 9.80. The van der Waals surface area contributed by atoms with Gasteiger partial charge in [-0.1, -0.05) is 51.9 Å². The molecular formula is C16H31N. The topological polar surface area (TPSA) is 12.0 Å². The highest BCUT2D eigenvalue weighted by Crippen LogP contribution is 2.42. The molecule has 0 aromatic carbocycles. The summed E-state index contributed by atoms with van der Waals surface area (Å²) in [6, 6.07) is 0.896. The number of hydrogen-bond acceptors (Lipinski definition) is 1. The third kappa shape index (κ3) is 4.62. The first-order valence-electron chi connectivity index (χ1n) is 8.08. The van der Waals surface area contributed by atoms with Crippen molar-refractivity contribution in [2.75, 3.05) is 6.54 Å². The van der Waals surface area contributed by atoms with Gasteiger partial charge in [-0.15, -0.1) is 0 Å². The molecule has 2 fully saturated rings. The average molecular weight is 237 g/mol. The van der Waals surface area contributed by atoms with E-state index < -0.39 is 0 Å². The van der Waals surface area contributed by atoms with Crippen LogP contribution in [0.15, 0.2) is 0 Å². The third-order valence-electron chi connectivity index (χ3n) is 4.82. The molecule has 0 amide bonds. The summed E-state index contributed by atoms with van der Waals surface area (Å²) >= 11 is 0. The Bertz CT molecular complexity index is 202. The van der Waals surface area contributed by atoms with Crippen molar-refractivity contribution in [3.05, 3.63) is 0 Å². The van der Waals surface area contributed by atoms with Gasteiger partial charge in [0.05, 0.1) is 0 Å². The van der Waals surface area contributed by atoms with E-state index in [1.165, 1.54) is 83.6 Å². The van der Waals surface area contributed by atoms with Crippen LogP contribution >= 0.6 is 0 Å². The smallest absolute Gasteiger partial charge is 0.00684 e. The molecule has 2 rings (SSSR count). The first-order valence-corrected chi connectivity index (χ1v) is 8.08. The number of hydrogen-bond donors (Lipinski definition) is 1. The lowest BCUT2D eigenvalue weighted by Crippen LogP contribution is -2.33. The maximum atomic E-state index is 3.79. The number of rotatable bonds is 9. The van der Waals surface area contributed by atoms with Crippen molar-refractivity contribution in [3.63, 3.8) is 0 Å². The van der Waals surface area contributed by atoms with E-state index in [4.69, 9.17) is 0 Å². The summed E-state index contributed by atoms with van der Waals surface area (Å²) in [4.78, 5) is 0. The van der Waals surface area contributed by atoms with Gasteiger partial charge in [0.2, 0.25) is 0 Å². The first kappa shape index (κ1) is 13.4. The van der Waals surface area contributed by atoms with Crippen LogP contribution in [0.2, 0.25) is 0 Å². The Labute approximate surface area is 108 Å². The van der Waals surface area contributed by atoms with E-state index >= 15 is 0 Å². The minimum atomic E-state index is 0.703. The molecular weight excluding hydrogens is 206 g/mol. The molecule has 0 heterocycles. The van der Waals surface area contributed by atoms with E-state index in [0.29, 0.717) is 5.41 Å². The van der Waals surface area contributed by atoms with E-state index in [2.05, 4.69) is 12.2 Å². The molecule has 1 N–H and O–H groups in total. The van der Waals surface area contributed by atoms with E-state index in [0.717, 1.165) is 6.04 Å². The van der Waals surface area contributed by atoms with Gasteiger partial charge in [0.1, 0.15) is 0 Å². The van der Waals surface area contributed by atoms with Crippen molar-refractivity contribution >= 4 is 0 Å². The lowest BCUT2D eigenvalue weighted by Gasteiger charge is -2.29. The predicted octanol–water partition coefficient (Wildman–Crippen LogP) is 4.66. The molecule has 0 atom stereocenters. The summed E-state index contributed by atoms with van der Waals surface area (Å²) in [6.07, 6.45) is 17.6. The molecule has 2 saturated carbocycles. The number of nitrogens with one attached hydrogen (secondary N) is 1. The molecule has 0 unspecified atom stereocenters. The van der Waals surface area contributed by atoms with Gasteiger partial charge < -0.3 is 5.32 Å². The van der Waals surface area contributed by atoms with Gasteiger partial charge in [0.15, 0.2) is 0 Å². The quantitative estimate of drug-likeness (QED) is 0.575. The number of unbranched alkanes of at least 4 members (excludes halogenated alkanes) is 4. The fraction of sp³-hybridized carbons (Fsp3) is 1.00. The van der Waals surface area contributed by atoms with Crippen LogP contribution in [-0.2, 0) is 0 Å². The second-order valence-electron chi connectivity index (χ2n) is 6.53. The summed E-state index contributed by atoms with van der Waals surface area (Å²) in [7, 11) is 0. The minimum absolute atomic E-state index is 0.703. The van der Waals surface area contributed by atoms with Gasteiger partial charge in [-0.05, 0) is 37.5 Å². The zero-order valence-electron chi connectivity index (χ0n) is 11.8. The average Bonchev–Trinajstić information content (AvgIpc) is 3.07. The monoisotopic (exact) mass is 237 g/mol. The zero-order valence-corrected chi connectivity index (χ0v) is 11.8. The second-order valence-corrected chi connectivity index (χ2v) is 6.53.